The van der Waals surface area contributed by atoms with Gasteiger partial charge in [0.1, 0.15) is 5.60 Å². The molecule has 0 radical (unpaired) electrons. The number of carbonyl (C=O) groups excluding carboxylic acids is 1. The molecule has 0 aromatic carbocycles. The number of halogens is 1. The van der Waals surface area contributed by atoms with E-state index >= 15 is 0 Å². The fraction of sp³-hybridized carbons (Fsp3) is 0.895. The first-order chi connectivity index (χ1) is 12.3. The third-order valence-corrected chi connectivity index (χ3v) is 4.61. The number of aliphatic hydroxyl groups excluding tert-OH is 1. The van der Waals surface area contributed by atoms with Crippen molar-refractivity contribution in [3.63, 3.8) is 0 Å². The zero-order chi connectivity index (χ0) is 19.2. The Labute approximate surface area is 180 Å². The van der Waals surface area contributed by atoms with E-state index in [0.717, 1.165) is 51.0 Å². The standard InChI is InChI=1S/C19H36N4O3.HI/c1-5-20-17(22-14-6-10-16(24)11-7-14)21-12-13-23(15-8-9-15)18(25)26-19(2,3)4;/h14-16,24H,5-13H2,1-4H3,(H2,20,21,22);1H. The number of ether oxygens (including phenoxy) is 1. The Balaban J connectivity index is 0.00000364. The van der Waals surface area contributed by atoms with Crippen molar-refractivity contribution in [1.29, 1.82) is 0 Å². The molecule has 2 saturated carbocycles. The molecule has 2 aliphatic carbocycles. The number of nitrogens with zero attached hydrogens (tertiary/aromatic N) is 2. The monoisotopic (exact) mass is 496 g/mol. The Morgan fingerprint density at radius 2 is 1.81 bits per heavy atom. The van der Waals surface area contributed by atoms with Crippen molar-refractivity contribution in [3.8, 4) is 0 Å². The highest BCUT2D eigenvalue weighted by Gasteiger charge is 2.34. The number of amides is 1. The first-order valence-electron chi connectivity index (χ1n) is 10.0. The fourth-order valence-electron chi connectivity index (χ4n) is 3.13. The average Bonchev–Trinajstić information content (AvgIpc) is 3.36. The third kappa shape index (κ3) is 9.32. The van der Waals surface area contributed by atoms with Gasteiger partial charge in [-0.25, -0.2) is 4.79 Å². The van der Waals surface area contributed by atoms with Gasteiger partial charge in [0.25, 0.3) is 0 Å². The normalized spacial score (nSPS) is 23.2. The Kier molecular flexibility index (Phi) is 10.1. The van der Waals surface area contributed by atoms with Crippen LogP contribution < -0.4 is 10.6 Å². The maximum Gasteiger partial charge on any atom is 0.410 e. The van der Waals surface area contributed by atoms with Crippen molar-refractivity contribution < 1.29 is 14.6 Å². The molecule has 0 unspecified atom stereocenters. The number of guanidine groups is 1. The molecule has 2 fully saturated rings. The summed E-state index contributed by atoms with van der Waals surface area (Å²) in [6.07, 6.45) is 5.28. The van der Waals surface area contributed by atoms with E-state index in [1.807, 2.05) is 32.6 Å². The predicted octanol–water partition coefficient (Wildman–Crippen LogP) is 2.86. The van der Waals surface area contributed by atoms with Gasteiger partial charge in [-0.1, -0.05) is 0 Å². The lowest BCUT2D eigenvalue weighted by atomic mass is 9.93. The number of hydrogen-bond acceptors (Lipinski definition) is 4. The SMILES string of the molecule is CCNC(=NCCN(C(=O)OC(C)(C)C)C1CC1)NC1CCC(O)CC1.I. The number of hydrogen-bond donors (Lipinski definition) is 3. The van der Waals surface area contributed by atoms with Gasteiger partial charge < -0.3 is 25.4 Å². The Hall–Kier alpha value is -0.770. The minimum atomic E-state index is -0.477. The molecule has 0 saturated heterocycles. The first kappa shape index (κ1) is 24.3. The van der Waals surface area contributed by atoms with Crippen molar-refractivity contribution in [2.24, 2.45) is 4.99 Å². The molecule has 0 heterocycles. The predicted molar refractivity (Wildman–Crippen MR) is 119 cm³/mol. The van der Waals surface area contributed by atoms with Crippen LogP contribution in [0.3, 0.4) is 0 Å². The van der Waals surface area contributed by atoms with E-state index in [1.165, 1.54) is 0 Å². The number of carbonyl (C=O) groups is 1. The molecular weight excluding hydrogens is 459 g/mol. The minimum Gasteiger partial charge on any atom is -0.444 e. The summed E-state index contributed by atoms with van der Waals surface area (Å²) < 4.78 is 5.52. The van der Waals surface area contributed by atoms with Gasteiger partial charge in [-0.2, -0.15) is 0 Å². The molecular formula is C19H37IN4O3. The topological polar surface area (TPSA) is 86.2 Å². The molecule has 2 aliphatic rings. The van der Waals surface area contributed by atoms with Crippen LogP contribution in [-0.2, 0) is 4.74 Å². The number of nitrogens with one attached hydrogen (secondary N) is 2. The van der Waals surface area contributed by atoms with Crippen LogP contribution in [0, 0.1) is 0 Å². The molecule has 3 N–H and O–H groups in total. The summed E-state index contributed by atoms with van der Waals surface area (Å²) in [7, 11) is 0. The first-order valence-corrected chi connectivity index (χ1v) is 10.0. The molecule has 7 nitrogen and oxygen atoms in total. The highest BCUT2D eigenvalue weighted by atomic mass is 127. The van der Waals surface area contributed by atoms with Gasteiger partial charge in [-0.05, 0) is 66.2 Å². The molecule has 2 rings (SSSR count). The van der Waals surface area contributed by atoms with Crippen molar-refractivity contribution >= 4 is 36.0 Å². The minimum absolute atomic E-state index is 0. The van der Waals surface area contributed by atoms with Crippen molar-refractivity contribution in [2.75, 3.05) is 19.6 Å². The third-order valence-electron chi connectivity index (χ3n) is 4.61. The molecule has 0 aliphatic heterocycles. The van der Waals surface area contributed by atoms with Gasteiger partial charge in [0.05, 0.1) is 12.6 Å². The molecule has 27 heavy (non-hydrogen) atoms. The second kappa shape index (κ2) is 11.3. The quantitative estimate of drug-likeness (QED) is 0.299. The number of rotatable bonds is 6. The summed E-state index contributed by atoms with van der Waals surface area (Å²) in [5.74, 6) is 0.786. The van der Waals surface area contributed by atoms with Crippen LogP contribution in [0.2, 0.25) is 0 Å². The summed E-state index contributed by atoms with van der Waals surface area (Å²) in [6, 6.07) is 0.650. The van der Waals surface area contributed by atoms with E-state index in [4.69, 9.17) is 4.74 Å². The van der Waals surface area contributed by atoms with Crippen LogP contribution in [0.1, 0.15) is 66.2 Å². The lowest BCUT2D eigenvalue weighted by Gasteiger charge is -2.28. The lowest BCUT2D eigenvalue weighted by molar-refractivity contribution is 0.0240. The van der Waals surface area contributed by atoms with Crippen LogP contribution in [0.5, 0.6) is 0 Å². The molecule has 0 bridgehead atoms. The molecule has 0 aromatic rings. The van der Waals surface area contributed by atoms with Gasteiger partial charge in [0, 0.05) is 25.2 Å². The summed E-state index contributed by atoms with van der Waals surface area (Å²) in [5.41, 5.74) is -0.477. The summed E-state index contributed by atoms with van der Waals surface area (Å²) in [4.78, 5) is 18.8. The van der Waals surface area contributed by atoms with E-state index < -0.39 is 5.60 Å². The zero-order valence-corrected chi connectivity index (χ0v) is 19.5. The molecule has 1 amide bonds. The maximum absolute atomic E-state index is 12.4. The summed E-state index contributed by atoms with van der Waals surface area (Å²) in [6.45, 7) is 9.62. The smallest absolute Gasteiger partial charge is 0.410 e. The van der Waals surface area contributed by atoms with Crippen molar-refractivity contribution in [2.45, 2.75) is 90.0 Å². The van der Waals surface area contributed by atoms with Crippen LogP contribution in [0.4, 0.5) is 4.79 Å². The second-order valence-corrected chi connectivity index (χ2v) is 8.32. The average molecular weight is 496 g/mol. The molecule has 0 spiro atoms. The van der Waals surface area contributed by atoms with Crippen LogP contribution in [0.15, 0.2) is 4.99 Å². The van der Waals surface area contributed by atoms with Crippen molar-refractivity contribution in [1.82, 2.24) is 15.5 Å². The molecule has 158 valence electrons. The molecule has 8 heteroatoms. The maximum atomic E-state index is 12.4. The Morgan fingerprint density at radius 3 is 2.33 bits per heavy atom. The van der Waals surface area contributed by atoms with Crippen LogP contribution in [-0.4, -0.2) is 65.5 Å². The fourth-order valence-corrected chi connectivity index (χ4v) is 3.13. The van der Waals surface area contributed by atoms with Gasteiger partial charge in [0.2, 0.25) is 0 Å². The van der Waals surface area contributed by atoms with E-state index in [2.05, 4.69) is 15.6 Å². The van der Waals surface area contributed by atoms with Gasteiger partial charge in [-0.3, -0.25) is 4.99 Å². The summed E-state index contributed by atoms with van der Waals surface area (Å²) in [5, 5.41) is 16.4. The van der Waals surface area contributed by atoms with Crippen molar-refractivity contribution in [3.05, 3.63) is 0 Å². The van der Waals surface area contributed by atoms with Crippen LogP contribution >= 0.6 is 24.0 Å². The van der Waals surface area contributed by atoms with E-state index in [1.54, 1.807) is 0 Å². The van der Waals surface area contributed by atoms with E-state index in [0.29, 0.717) is 25.2 Å². The Bertz CT molecular complexity index is 484. The second-order valence-electron chi connectivity index (χ2n) is 8.32. The van der Waals surface area contributed by atoms with E-state index in [9.17, 15) is 9.90 Å². The Morgan fingerprint density at radius 1 is 1.19 bits per heavy atom. The molecule has 0 aromatic heterocycles. The molecule has 0 atom stereocenters. The highest BCUT2D eigenvalue weighted by Crippen LogP contribution is 2.28. The summed E-state index contributed by atoms with van der Waals surface area (Å²) >= 11 is 0. The van der Waals surface area contributed by atoms with Gasteiger partial charge in [0.15, 0.2) is 5.96 Å². The number of aliphatic hydroxyl groups is 1. The van der Waals surface area contributed by atoms with Crippen LogP contribution in [0.25, 0.3) is 0 Å². The van der Waals surface area contributed by atoms with Gasteiger partial charge >= 0.3 is 6.09 Å². The van der Waals surface area contributed by atoms with E-state index in [-0.39, 0.29) is 36.2 Å². The zero-order valence-electron chi connectivity index (χ0n) is 17.2. The lowest BCUT2D eigenvalue weighted by Crippen LogP contribution is -2.46. The number of aliphatic imine (C=N–C) groups is 1. The van der Waals surface area contributed by atoms with Gasteiger partial charge in [-0.15, -0.1) is 24.0 Å². The largest absolute Gasteiger partial charge is 0.444 e. The highest BCUT2D eigenvalue weighted by molar-refractivity contribution is 14.0.